The Morgan fingerprint density at radius 1 is 0.712 bits per heavy atom. The largest absolute Gasteiger partial charge is 0.463 e. The third-order valence-electron chi connectivity index (χ3n) is 10.3. The highest BCUT2D eigenvalue weighted by Crippen LogP contribution is 2.31. The van der Waals surface area contributed by atoms with Crippen LogP contribution in [0.1, 0.15) is 200 Å². The number of rotatable bonds is 33. The Kier molecular flexibility index (Phi) is 26.3. The third kappa shape index (κ3) is 20.1. The molecule has 4 atom stereocenters. The fourth-order valence-corrected chi connectivity index (χ4v) is 7.01. The van der Waals surface area contributed by atoms with Crippen LogP contribution in [0.2, 0.25) is 0 Å². The van der Waals surface area contributed by atoms with Crippen molar-refractivity contribution in [3.05, 3.63) is 22.7 Å². The highest BCUT2D eigenvalue weighted by Gasteiger charge is 2.48. The number of hydrogen-bond donors (Lipinski definition) is 2. The Hall–Kier alpha value is -2.46. The molecule has 0 unspecified atom stereocenters. The number of aliphatic hydroxyl groups excluding tert-OH is 1. The fourth-order valence-electron chi connectivity index (χ4n) is 7.01. The quantitative estimate of drug-likeness (QED) is 0.0536. The van der Waals surface area contributed by atoms with Gasteiger partial charge in [0.05, 0.1) is 0 Å². The minimum Gasteiger partial charge on any atom is -0.463 e. The van der Waals surface area contributed by atoms with Gasteiger partial charge in [0.15, 0.2) is 12.3 Å². The van der Waals surface area contributed by atoms with E-state index in [1.807, 2.05) is 0 Å². The number of carbonyl (C=O) groups is 2. The molecule has 0 aliphatic carbocycles. The number of aromatic nitrogens is 2. The number of esters is 2. The molecule has 1 aromatic rings. The van der Waals surface area contributed by atoms with Crippen molar-refractivity contribution in [2.45, 2.75) is 218 Å². The lowest BCUT2D eigenvalue weighted by molar-refractivity contribution is -0.160. The number of aliphatic hydroxyl groups is 1. The molecule has 1 aromatic heterocycles. The van der Waals surface area contributed by atoms with E-state index in [0.717, 1.165) is 32.1 Å². The Bertz CT molecular complexity index is 1110. The summed E-state index contributed by atoms with van der Waals surface area (Å²) in [5, 5.41) is 14.0. The molecule has 0 spiro atoms. The molecule has 1 fully saturated rings. The molecule has 300 valence electrons. The molecule has 0 bridgehead atoms. The number of unbranched alkanes of at least 4 members (excludes halogenated alkanes) is 24. The first-order valence-corrected chi connectivity index (χ1v) is 21.4. The minimum atomic E-state index is -1.33. The van der Waals surface area contributed by atoms with Gasteiger partial charge in [-0.1, -0.05) is 168 Å². The number of hydrogen-bond acceptors (Lipinski definition) is 9. The van der Waals surface area contributed by atoms with Crippen LogP contribution in [0.4, 0.5) is 5.82 Å². The standard InChI is InChI=1S/C42H75N3O7/c1-4-6-8-10-12-14-16-18-20-22-24-26-28-30-37(46)50-34-35-40(39(48)41(51-35)45-33-32-36(43-3)44-42(45)49)52-38(47)31-29-27-25-23-21-19-17-15-13-11-9-7-5-2/h32-33,35,39-41,48H,4-31,34H2,1-3H3,(H,43,44,49)/t35-,39+,40-,41-/m1/s1. The zero-order valence-electron chi connectivity index (χ0n) is 33.3. The average Bonchev–Trinajstić information content (AvgIpc) is 3.44. The average molecular weight is 734 g/mol. The summed E-state index contributed by atoms with van der Waals surface area (Å²) in [5.41, 5.74) is -0.618. The monoisotopic (exact) mass is 734 g/mol. The van der Waals surface area contributed by atoms with E-state index in [4.69, 9.17) is 14.2 Å². The highest BCUT2D eigenvalue weighted by atomic mass is 16.6. The van der Waals surface area contributed by atoms with Gasteiger partial charge in [0.1, 0.15) is 24.6 Å². The molecule has 1 saturated heterocycles. The summed E-state index contributed by atoms with van der Waals surface area (Å²) >= 11 is 0. The molecule has 0 amide bonds. The zero-order chi connectivity index (χ0) is 37.7. The number of nitrogens with zero attached hydrogens (tertiary/aromatic N) is 2. The van der Waals surface area contributed by atoms with E-state index in [1.165, 1.54) is 139 Å². The van der Waals surface area contributed by atoms with Crippen molar-refractivity contribution >= 4 is 17.8 Å². The first-order chi connectivity index (χ1) is 25.4. The van der Waals surface area contributed by atoms with E-state index in [9.17, 15) is 19.5 Å². The van der Waals surface area contributed by atoms with Gasteiger partial charge in [-0.15, -0.1) is 0 Å². The summed E-state index contributed by atoms with van der Waals surface area (Å²) in [5.74, 6) is -0.400. The molecule has 0 saturated carbocycles. The van der Waals surface area contributed by atoms with E-state index in [-0.39, 0.29) is 19.0 Å². The van der Waals surface area contributed by atoms with E-state index >= 15 is 0 Å². The summed E-state index contributed by atoms with van der Waals surface area (Å²) in [6.45, 7) is 4.32. The van der Waals surface area contributed by atoms with Gasteiger partial charge in [-0.25, -0.2) is 4.79 Å². The molecule has 10 nitrogen and oxygen atoms in total. The van der Waals surface area contributed by atoms with Gasteiger partial charge in [-0.2, -0.15) is 4.98 Å². The smallest absolute Gasteiger partial charge is 0.351 e. The first-order valence-electron chi connectivity index (χ1n) is 21.4. The van der Waals surface area contributed by atoms with E-state index in [2.05, 4.69) is 24.1 Å². The number of carbonyl (C=O) groups excluding carboxylic acids is 2. The number of nitrogens with one attached hydrogen (secondary N) is 1. The van der Waals surface area contributed by atoms with Crippen molar-refractivity contribution in [3.8, 4) is 0 Å². The maximum absolute atomic E-state index is 12.9. The molecule has 2 heterocycles. The minimum absolute atomic E-state index is 0.182. The van der Waals surface area contributed by atoms with Gasteiger partial charge in [-0.3, -0.25) is 14.2 Å². The fraction of sp³-hybridized carbons (Fsp3) is 0.857. The van der Waals surface area contributed by atoms with Crippen LogP contribution in [0.5, 0.6) is 0 Å². The second-order valence-electron chi connectivity index (χ2n) is 14.9. The summed E-state index contributed by atoms with van der Waals surface area (Å²) in [4.78, 5) is 42.2. The van der Waals surface area contributed by atoms with Crippen molar-refractivity contribution in [1.82, 2.24) is 9.55 Å². The molecule has 52 heavy (non-hydrogen) atoms. The zero-order valence-corrected chi connectivity index (χ0v) is 33.3. The highest BCUT2D eigenvalue weighted by molar-refractivity contribution is 5.70. The Labute approximate surface area is 315 Å². The van der Waals surface area contributed by atoms with E-state index in [1.54, 1.807) is 13.1 Å². The molecular formula is C42H75N3O7. The van der Waals surface area contributed by atoms with Crippen molar-refractivity contribution in [3.63, 3.8) is 0 Å². The SMILES string of the molecule is CCCCCCCCCCCCCCCC(=O)OC[C@H]1O[C@@H](n2ccc(NC)nc2=O)[C@@H](O)[C@@H]1OC(=O)CCCCCCCCCCCCCCC. The van der Waals surface area contributed by atoms with Crippen LogP contribution >= 0.6 is 0 Å². The van der Waals surface area contributed by atoms with Gasteiger partial charge in [0, 0.05) is 26.1 Å². The Balaban J connectivity index is 1.72. The van der Waals surface area contributed by atoms with Gasteiger partial charge < -0.3 is 24.6 Å². The maximum atomic E-state index is 12.9. The van der Waals surface area contributed by atoms with Gasteiger partial charge in [0.2, 0.25) is 0 Å². The maximum Gasteiger partial charge on any atom is 0.351 e. The van der Waals surface area contributed by atoms with Gasteiger partial charge in [-0.05, 0) is 18.9 Å². The Morgan fingerprint density at radius 2 is 1.13 bits per heavy atom. The molecule has 2 N–H and O–H groups in total. The summed E-state index contributed by atoms with van der Waals surface area (Å²) in [6, 6.07) is 1.59. The summed E-state index contributed by atoms with van der Waals surface area (Å²) in [6.07, 6.45) is 29.3. The van der Waals surface area contributed by atoms with Crippen molar-refractivity contribution < 1.29 is 28.9 Å². The molecule has 1 aliphatic heterocycles. The van der Waals surface area contributed by atoms with E-state index < -0.39 is 36.2 Å². The lowest BCUT2D eigenvalue weighted by atomic mass is 10.0. The lowest BCUT2D eigenvalue weighted by Crippen LogP contribution is -2.39. The Morgan fingerprint density at radius 3 is 1.56 bits per heavy atom. The first kappa shape index (κ1) is 45.7. The summed E-state index contributed by atoms with van der Waals surface area (Å²) in [7, 11) is 1.65. The van der Waals surface area contributed by atoms with E-state index in [0.29, 0.717) is 18.7 Å². The van der Waals surface area contributed by atoms with Gasteiger partial charge >= 0.3 is 17.6 Å². The topological polar surface area (TPSA) is 129 Å². The molecular weight excluding hydrogens is 658 g/mol. The normalized spacial score (nSPS) is 18.5. The van der Waals surface area contributed by atoms with Crippen LogP contribution in [0, 0.1) is 0 Å². The van der Waals surface area contributed by atoms with Crippen LogP contribution < -0.4 is 11.0 Å². The van der Waals surface area contributed by atoms with Crippen molar-refractivity contribution in [1.29, 1.82) is 0 Å². The molecule has 2 rings (SSSR count). The second kappa shape index (κ2) is 29.9. The second-order valence-corrected chi connectivity index (χ2v) is 14.9. The third-order valence-corrected chi connectivity index (χ3v) is 10.3. The van der Waals surface area contributed by atoms with Crippen LogP contribution in [-0.4, -0.2) is 58.6 Å². The predicted octanol–water partition coefficient (Wildman–Crippen LogP) is 9.96. The molecule has 1 aliphatic rings. The molecule has 0 radical (unpaired) electrons. The number of ether oxygens (including phenoxy) is 3. The van der Waals surface area contributed by atoms with Crippen LogP contribution in [0.3, 0.4) is 0 Å². The number of anilines is 1. The van der Waals surface area contributed by atoms with Crippen LogP contribution in [0.25, 0.3) is 0 Å². The predicted molar refractivity (Wildman–Crippen MR) is 209 cm³/mol. The summed E-state index contributed by atoms with van der Waals surface area (Å²) < 4.78 is 18.5. The van der Waals surface area contributed by atoms with Crippen LogP contribution in [0.15, 0.2) is 17.1 Å². The van der Waals surface area contributed by atoms with Gasteiger partial charge in [0.25, 0.3) is 0 Å². The molecule has 10 heteroatoms. The molecule has 0 aromatic carbocycles. The lowest BCUT2D eigenvalue weighted by Gasteiger charge is -2.21. The van der Waals surface area contributed by atoms with Crippen molar-refractivity contribution in [2.24, 2.45) is 0 Å². The van der Waals surface area contributed by atoms with Crippen molar-refractivity contribution in [2.75, 3.05) is 19.0 Å². The van der Waals surface area contributed by atoms with Crippen LogP contribution in [-0.2, 0) is 23.8 Å².